The molecule has 2 aromatic carbocycles. The van der Waals surface area contributed by atoms with Crippen LogP contribution in [0.15, 0.2) is 56.0 Å². The average Bonchev–Trinajstić information content (AvgIpc) is 3.39. The maximum absolute atomic E-state index is 10.7. The molecule has 0 atom stereocenters. The molecule has 3 heterocycles. The Hall–Kier alpha value is -2.61. The lowest BCUT2D eigenvalue weighted by Crippen LogP contribution is -2.35. The molecular weight excluding hydrogens is 474 g/mol. The SMILES string of the molecule is CCc1cc2c(C)c(CN3CCOCC3)oc2cc1Br.O=C(O)c1cccc2occc12. The van der Waals surface area contributed by atoms with E-state index in [2.05, 4.69) is 46.8 Å². The fourth-order valence-corrected chi connectivity index (χ4v) is 4.50. The van der Waals surface area contributed by atoms with Crippen LogP contribution in [0.25, 0.3) is 21.9 Å². The van der Waals surface area contributed by atoms with E-state index in [1.165, 1.54) is 22.8 Å². The van der Waals surface area contributed by atoms with Gasteiger partial charge in [-0.3, -0.25) is 4.90 Å². The minimum absolute atomic E-state index is 0.279. The smallest absolute Gasteiger partial charge is 0.336 e. The van der Waals surface area contributed by atoms with Crippen LogP contribution in [0.4, 0.5) is 0 Å². The van der Waals surface area contributed by atoms with Crippen molar-refractivity contribution in [2.45, 2.75) is 26.8 Å². The highest BCUT2D eigenvalue weighted by Crippen LogP contribution is 2.31. The van der Waals surface area contributed by atoms with Gasteiger partial charge in [0.25, 0.3) is 0 Å². The average molecular weight is 500 g/mol. The van der Waals surface area contributed by atoms with Gasteiger partial charge in [0.1, 0.15) is 16.9 Å². The number of rotatable bonds is 4. The first kappa shape index (κ1) is 22.6. The molecule has 168 valence electrons. The highest BCUT2D eigenvalue weighted by Gasteiger charge is 2.17. The number of hydrogen-bond acceptors (Lipinski definition) is 5. The highest BCUT2D eigenvalue weighted by atomic mass is 79.9. The van der Waals surface area contributed by atoms with Gasteiger partial charge in [-0.15, -0.1) is 0 Å². The van der Waals surface area contributed by atoms with Crippen molar-refractivity contribution in [1.29, 1.82) is 0 Å². The van der Waals surface area contributed by atoms with Crippen LogP contribution < -0.4 is 0 Å². The van der Waals surface area contributed by atoms with Crippen molar-refractivity contribution in [3.63, 3.8) is 0 Å². The van der Waals surface area contributed by atoms with Gasteiger partial charge in [0.15, 0.2) is 0 Å². The molecule has 1 aliphatic heterocycles. The molecule has 5 rings (SSSR count). The number of halogens is 1. The van der Waals surface area contributed by atoms with Gasteiger partial charge in [0.2, 0.25) is 0 Å². The minimum Gasteiger partial charge on any atom is -0.478 e. The van der Waals surface area contributed by atoms with Crippen molar-refractivity contribution in [2.75, 3.05) is 26.3 Å². The fourth-order valence-electron chi connectivity index (χ4n) is 3.90. The third kappa shape index (κ3) is 4.75. The van der Waals surface area contributed by atoms with Gasteiger partial charge in [-0.25, -0.2) is 4.79 Å². The van der Waals surface area contributed by atoms with E-state index in [-0.39, 0.29) is 5.56 Å². The first-order valence-electron chi connectivity index (χ1n) is 10.7. The van der Waals surface area contributed by atoms with Crippen LogP contribution in [-0.4, -0.2) is 42.3 Å². The lowest BCUT2D eigenvalue weighted by Gasteiger charge is -2.25. The number of morpholine rings is 1. The van der Waals surface area contributed by atoms with Gasteiger partial charge >= 0.3 is 5.97 Å². The number of carbonyl (C=O) groups is 1. The molecule has 0 unspecified atom stereocenters. The molecule has 7 heteroatoms. The third-order valence-corrected chi connectivity index (χ3v) is 6.52. The van der Waals surface area contributed by atoms with Crippen molar-refractivity contribution in [2.24, 2.45) is 0 Å². The van der Waals surface area contributed by atoms with Crippen LogP contribution in [0.5, 0.6) is 0 Å². The van der Waals surface area contributed by atoms with Gasteiger partial charge in [0, 0.05) is 28.3 Å². The molecule has 0 bridgehead atoms. The summed E-state index contributed by atoms with van der Waals surface area (Å²) in [7, 11) is 0. The molecule has 0 amide bonds. The number of hydrogen-bond donors (Lipinski definition) is 1. The summed E-state index contributed by atoms with van der Waals surface area (Å²) in [4.78, 5) is 13.1. The predicted molar refractivity (Wildman–Crippen MR) is 127 cm³/mol. The Morgan fingerprint density at radius 2 is 1.91 bits per heavy atom. The van der Waals surface area contributed by atoms with Crippen LogP contribution in [-0.2, 0) is 17.7 Å². The zero-order chi connectivity index (χ0) is 22.7. The Kier molecular flexibility index (Phi) is 6.98. The van der Waals surface area contributed by atoms with Gasteiger partial charge < -0.3 is 18.7 Å². The van der Waals surface area contributed by atoms with Crippen molar-refractivity contribution in [3.05, 3.63) is 69.6 Å². The van der Waals surface area contributed by atoms with Crippen molar-refractivity contribution >= 4 is 43.8 Å². The normalized spacial score (nSPS) is 14.5. The standard InChI is InChI=1S/C16H20BrNO2.C9H6O3/c1-3-12-8-13-11(2)16(20-15(13)9-14(12)17)10-18-4-6-19-7-5-18;10-9(11)7-2-1-3-8-6(7)4-5-12-8/h8-9H,3-7,10H2,1-2H3;1-5H,(H,10,11). The molecule has 0 radical (unpaired) electrons. The number of fused-ring (bicyclic) bond motifs is 2. The molecule has 1 aliphatic rings. The number of aromatic carboxylic acids is 1. The van der Waals surface area contributed by atoms with Crippen molar-refractivity contribution in [1.82, 2.24) is 4.90 Å². The zero-order valence-corrected chi connectivity index (χ0v) is 19.8. The molecular formula is C25H26BrNO5. The number of benzene rings is 2. The van der Waals surface area contributed by atoms with Crippen molar-refractivity contribution in [3.8, 4) is 0 Å². The molecule has 1 fully saturated rings. The molecule has 0 spiro atoms. The third-order valence-electron chi connectivity index (χ3n) is 5.78. The predicted octanol–water partition coefficient (Wildman–Crippen LogP) is 6.03. The number of carboxylic acids is 1. The van der Waals surface area contributed by atoms with E-state index in [9.17, 15) is 4.79 Å². The summed E-state index contributed by atoms with van der Waals surface area (Å²) in [5.41, 5.74) is 4.47. The largest absolute Gasteiger partial charge is 0.478 e. The van der Waals surface area contributed by atoms with Crippen LogP contribution in [0.1, 0.15) is 34.2 Å². The summed E-state index contributed by atoms with van der Waals surface area (Å²) in [5, 5.41) is 10.6. The van der Waals surface area contributed by atoms with E-state index >= 15 is 0 Å². The second-order valence-corrected chi connectivity index (χ2v) is 8.63. The Bertz CT molecular complexity index is 1240. The zero-order valence-electron chi connectivity index (χ0n) is 18.2. The summed E-state index contributed by atoms with van der Waals surface area (Å²) in [6, 6.07) is 11.0. The Morgan fingerprint density at radius 1 is 1.12 bits per heavy atom. The minimum atomic E-state index is -0.929. The summed E-state index contributed by atoms with van der Waals surface area (Å²) in [6.07, 6.45) is 2.51. The number of ether oxygens (including phenoxy) is 1. The van der Waals surface area contributed by atoms with Crippen LogP contribution >= 0.6 is 15.9 Å². The summed E-state index contributed by atoms with van der Waals surface area (Å²) < 4.78 is 17.6. The summed E-state index contributed by atoms with van der Waals surface area (Å²) in [6.45, 7) is 8.84. The van der Waals surface area contributed by atoms with E-state index in [0.29, 0.717) is 11.0 Å². The first-order valence-corrected chi connectivity index (χ1v) is 11.5. The van der Waals surface area contributed by atoms with E-state index in [1.54, 1.807) is 24.3 Å². The number of aryl methyl sites for hydroxylation is 2. The molecule has 1 N–H and O–H groups in total. The van der Waals surface area contributed by atoms with Crippen LogP contribution in [0.3, 0.4) is 0 Å². The number of carboxylic acid groups (broad SMARTS) is 1. The van der Waals surface area contributed by atoms with E-state index in [0.717, 1.165) is 55.1 Å². The van der Waals surface area contributed by atoms with Gasteiger partial charge in [-0.05, 0) is 54.8 Å². The Labute approximate surface area is 194 Å². The first-order chi connectivity index (χ1) is 15.5. The Balaban J connectivity index is 0.000000174. The molecule has 0 aliphatic carbocycles. The second kappa shape index (κ2) is 9.90. The lowest BCUT2D eigenvalue weighted by molar-refractivity contribution is 0.0314. The molecule has 4 aromatic rings. The fraction of sp³-hybridized carbons (Fsp3) is 0.320. The maximum atomic E-state index is 10.7. The summed E-state index contributed by atoms with van der Waals surface area (Å²) in [5.74, 6) is 0.157. The molecule has 0 saturated carbocycles. The van der Waals surface area contributed by atoms with E-state index < -0.39 is 5.97 Å². The van der Waals surface area contributed by atoms with E-state index in [4.69, 9.17) is 18.7 Å². The highest BCUT2D eigenvalue weighted by molar-refractivity contribution is 9.10. The topological polar surface area (TPSA) is 76.0 Å². The van der Waals surface area contributed by atoms with Gasteiger partial charge in [-0.2, -0.15) is 0 Å². The lowest BCUT2D eigenvalue weighted by atomic mass is 10.1. The molecule has 1 saturated heterocycles. The monoisotopic (exact) mass is 499 g/mol. The number of furan rings is 2. The second-order valence-electron chi connectivity index (χ2n) is 7.78. The maximum Gasteiger partial charge on any atom is 0.336 e. The van der Waals surface area contributed by atoms with Gasteiger partial charge in [-0.1, -0.05) is 28.9 Å². The Morgan fingerprint density at radius 3 is 2.62 bits per heavy atom. The number of nitrogens with zero attached hydrogens (tertiary/aromatic N) is 1. The van der Waals surface area contributed by atoms with E-state index in [1.807, 2.05) is 0 Å². The van der Waals surface area contributed by atoms with Crippen LogP contribution in [0.2, 0.25) is 0 Å². The van der Waals surface area contributed by atoms with Crippen molar-refractivity contribution < 1.29 is 23.5 Å². The molecule has 2 aromatic heterocycles. The van der Waals surface area contributed by atoms with Crippen LogP contribution in [0, 0.1) is 6.92 Å². The quantitative estimate of drug-likeness (QED) is 0.369. The van der Waals surface area contributed by atoms with Gasteiger partial charge in [0.05, 0.1) is 31.6 Å². The molecule has 32 heavy (non-hydrogen) atoms. The summed E-state index contributed by atoms with van der Waals surface area (Å²) >= 11 is 3.62. The molecule has 6 nitrogen and oxygen atoms in total.